The number of anilines is 2. The van der Waals surface area contributed by atoms with E-state index in [2.05, 4.69) is 25.9 Å². The fourth-order valence-electron chi connectivity index (χ4n) is 1.55. The minimum absolute atomic E-state index is 0.0265. The molecule has 1 aromatic carbocycles. The number of nitrogens with zero attached hydrogens (tertiary/aromatic N) is 3. The topological polar surface area (TPSA) is 122 Å². The van der Waals surface area contributed by atoms with E-state index in [4.69, 9.17) is 28.3 Å². The summed E-state index contributed by atoms with van der Waals surface area (Å²) < 4.78 is 0.370. The Morgan fingerprint density at radius 3 is 2.63 bits per heavy atom. The number of nitriles is 1. The van der Waals surface area contributed by atoms with Crippen LogP contribution in [0.4, 0.5) is 11.8 Å². The van der Waals surface area contributed by atoms with Gasteiger partial charge < -0.3 is 16.6 Å². The van der Waals surface area contributed by atoms with E-state index < -0.39 is 0 Å². The van der Waals surface area contributed by atoms with Crippen molar-refractivity contribution in [1.82, 2.24) is 9.97 Å². The van der Waals surface area contributed by atoms with E-state index in [1.165, 1.54) is 12.1 Å². The van der Waals surface area contributed by atoms with Crippen molar-refractivity contribution in [3.63, 3.8) is 0 Å². The molecule has 96 valence electrons. The molecule has 19 heavy (non-hydrogen) atoms. The van der Waals surface area contributed by atoms with Gasteiger partial charge in [0, 0.05) is 10.6 Å². The van der Waals surface area contributed by atoms with Crippen molar-refractivity contribution in [3.8, 4) is 23.1 Å². The molecule has 0 saturated heterocycles. The van der Waals surface area contributed by atoms with E-state index in [-0.39, 0.29) is 34.3 Å². The highest BCUT2D eigenvalue weighted by Crippen LogP contribution is 2.39. The summed E-state index contributed by atoms with van der Waals surface area (Å²) in [5.41, 5.74) is 11.5. The minimum Gasteiger partial charge on any atom is -0.506 e. The lowest BCUT2D eigenvalue weighted by atomic mass is 10.1. The van der Waals surface area contributed by atoms with Crippen LogP contribution in [0.2, 0.25) is 5.02 Å². The number of phenols is 1. The average molecular weight is 341 g/mol. The molecule has 0 atom stereocenters. The van der Waals surface area contributed by atoms with Gasteiger partial charge in [-0.1, -0.05) is 11.6 Å². The molecular weight excluding hydrogens is 334 g/mol. The minimum atomic E-state index is -0.113. The molecule has 0 amide bonds. The Morgan fingerprint density at radius 1 is 1.32 bits per heavy atom. The van der Waals surface area contributed by atoms with Gasteiger partial charge in [-0.15, -0.1) is 0 Å². The zero-order valence-corrected chi connectivity index (χ0v) is 11.7. The lowest BCUT2D eigenvalue weighted by Crippen LogP contribution is -2.05. The molecule has 0 aliphatic heterocycles. The van der Waals surface area contributed by atoms with Gasteiger partial charge in [0.1, 0.15) is 23.2 Å². The number of aromatic hydroxyl groups is 1. The van der Waals surface area contributed by atoms with Crippen LogP contribution < -0.4 is 11.5 Å². The van der Waals surface area contributed by atoms with E-state index >= 15 is 0 Å². The van der Waals surface area contributed by atoms with Gasteiger partial charge in [0.25, 0.3) is 0 Å². The highest BCUT2D eigenvalue weighted by molar-refractivity contribution is 9.10. The van der Waals surface area contributed by atoms with Crippen molar-refractivity contribution < 1.29 is 5.11 Å². The molecule has 0 aliphatic rings. The number of phenolic OH excluding ortho intramolecular Hbond substituents is 1. The van der Waals surface area contributed by atoms with Crippen LogP contribution >= 0.6 is 27.5 Å². The zero-order chi connectivity index (χ0) is 14.2. The number of nitrogens with two attached hydrogens (primary N) is 2. The number of hydrogen-bond donors (Lipinski definition) is 3. The first-order valence-electron chi connectivity index (χ1n) is 4.95. The maximum atomic E-state index is 10.0. The second-order valence-electron chi connectivity index (χ2n) is 3.59. The molecular formula is C11H7BrClN5O. The van der Waals surface area contributed by atoms with Crippen molar-refractivity contribution >= 4 is 39.3 Å². The monoisotopic (exact) mass is 339 g/mol. The van der Waals surface area contributed by atoms with E-state index in [0.29, 0.717) is 9.50 Å². The third-order valence-electron chi connectivity index (χ3n) is 2.35. The summed E-state index contributed by atoms with van der Waals surface area (Å²) in [5.74, 6) is -0.263. The summed E-state index contributed by atoms with van der Waals surface area (Å²) >= 11 is 9.07. The fourth-order valence-corrected chi connectivity index (χ4v) is 2.36. The van der Waals surface area contributed by atoms with Gasteiger partial charge in [-0.25, -0.2) is 4.98 Å². The normalized spacial score (nSPS) is 10.2. The first-order chi connectivity index (χ1) is 8.93. The van der Waals surface area contributed by atoms with Gasteiger partial charge in [-0.05, 0) is 28.1 Å². The molecule has 5 N–H and O–H groups in total. The van der Waals surface area contributed by atoms with Gasteiger partial charge in [0.2, 0.25) is 5.95 Å². The third kappa shape index (κ3) is 2.41. The van der Waals surface area contributed by atoms with Crippen LogP contribution in [-0.2, 0) is 0 Å². The van der Waals surface area contributed by atoms with Gasteiger partial charge >= 0.3 is 0 Å². The number of aromatic nitrogens is 2. The lowest BCUT2D eigenvalue weighted by molar-refractivity contribution is 0.474. The van der Waals surface area contributed by atoms with Crippen LogP contribution in [-0.4, -0.2) is 15.1 Å². The largest absolute Gasteiger partial charge is 0.506 e. The Balaban J connectivity index is 2.83. The summed E-state index contributed by atoms with van der Waals surface area (Å²) in [6.07, 6.45) is 0. The Hall–Kier alpha value is -2.04. The molecule has 0 aliphatic carbocycles. The molecule has 6 nitrogen and oxygen atoms in total. The zero-order valence-electron chi connectivity index (χ0n) is 9.35. The predicted molar refractivity (Wildman–Crippen MR) is 75.4 cm³/mol. The van der Waals surface area contributed by atoms with Gasteiger partial charge in [-0.3, -0.25) is 0 Å². The molecule has 0 bridgehead atoms. The maximum absolute atomic E-state index is 10.0. The van der Waals surface area contributed by atoms with E-state index in [1.807, 2.05) is 6.07 Å². The molecule has 0 fully saturated rings. The first kappa shape index (κ1) is 13.4. The molecule has 0 unspecified atom stereocenters. The molecule has 0 spiro atoms. The highest BCUT2D eigenvalue weighted by Gasteiger charge is 2.18. The second kappa shape index (κ2) is 4.91. The Labute approximate surface area is 121 Å². The van der Waals surface area contributed by atoms with Crippen LogP contribution in [0.15, 0.2) is 16.6 Å². The summed E-state index contributed by atoms with van der Waals surface area (Å²) in [5, 5.41) is 19.5. The van der Waals surface area contributed by atoms with Crippen LogP contribution in [0.5, 0.6) is 5.75 Å². The summed E-state index contributed by atoms with van der Waals surface area (Å²) in [7, 11) is 0. The van der Waals surface area contributed by atoms with E-state index in [1.54, 1.807) is 0 Å². The smallest absolute Gasteiger partial charge is 0.222 e. The SMILES string of the molecule is N#Cc1c(N)nc(N)nc1-c1cc(Cl)cc(Br)c1O. The first-order valence-corrected chi connectivity index (χ1v) is 6.12. The Kier molecular flexibility index (Phi) is 3.46. The standard InChI is InChI=1S/C11H7BrClN5O/c12-7-2-4(13)1-5(9(7)19)8-6(3-14)10(15)18-11(16)17-8/h1-2,19H,(H4,15,16,17,18). The van der Waals surface area contributed by atoms with Crippen LogP contribution in [0, 0.1) is 11.3 Å². The summed E-state index contributed by atoms with van der Waals surface area (Å²) in [6.45, 7) is 0. The van der Waals surface area contributed by atoms with Crippen LogP contribution in [0.25, 0.3) is 11.3 Å². The molecule has 0 radical (unpaired) electrons. The highest BCUT2D eigenvalue weighted by atomic mass is 79.9. The fraction of sp³-hybridized carbons (Fsp3) is 0. The molecule has 0 saturated carbocycles. The van der Waals surface area contributed by atoms with Crippen molar-refractivity contribution in [2.75, 3.05) is 11.5 Å². The van der Waals surface area contributed by atoms with Crippen molar-refractivity contribution in [2.24, 2.45) is 0 Å². The maximum Gasteiger partial charge on any atom is 0.222 e. The van der Waals surface area contributed by atoms with Crippen LogP contribution in [0.1, 0.15) is 5.56 Å². The summed E-state index contributed by atoms with van der Waals surface area (Å²) in [6, 6.07) is 4.86. The van der Waals surface area contributed by atoms with E-state index in [0.717, 1.165) is 0 Å². The molecule has 2 rings (SSSR count). The molecule has 2 aromatic rings. The van der Waals surface area contributed by atoms with Gasteiger partial charge in [-0.2, -0.15) is 10.2 Å². The molecule has 8 heteroatoms. The van der Waals surface area contributed by atoms with Crippen molar-refractivity contribution in [2.45, 2.75) is 0 Å². The number of nitrogen functional groups attached to an aromatic ring is 2. The van der Waals surface area contributed by atoms with Gasteiger partial charge in [0.15, 0.2) is 0 Å². The third-order valence-corrected chi connectivity index (χ3v) is 3.17. The Morgan fingerprint density at radius 2 is 2.00 bits per heavy atom. The quantitative estimate of drug-likeness (QED) is 0.732. The second-order valence-corrected chi connectivity index (χ2v) is 4.88. The lowest BCUT2D eigenvalue weighted by Gasteiger charge is -2.10. The van der Waals surface area contributed by atoms with E-state index in [9.17, 15) is 5.11 Å². The Bertz CT molecular complexity index is 713. The van der Waals surface area contributed by atoms with Crippen LogP contribution in [0.3, 0.4) is 0 Å². The number of hydrogen-bond acceptors (Lipinski definition) is 6. The number of benzene rings is 1. The summed E-state index contributed by atoms with van der Waals surface area (Å²) in [4.78, 5) is 7.64. The van der Waals surface area contributed by atoms with Crippen molar-refractivity contribution in [1.29, 1.82) is 5.26 Å². The van der Waals surface area contributed by atoms with Gasteiger partial charge in [0.05, 0.1) is 10.2 Å². The molecule has 1 aromatic heterocycles. The molecule has 1 heterocycles. The number of rotatable bonds is 1. The van der Waals surface area contributed by atoms with Crippen molar-refractivity contribution in [3.05, 3.63) is 27.2 Å². The number of halogens is 2. The predicted octanol–water partition coefficient (Wildman–Crippen LogP) is 2.30. The average Bonchev–Trinajstić information content (AvgIpc) is 2.33.